The first-order chi connectivity index (χ1) is 12.6. The third kappa shape index (κ3) is 4.17. The number of halogens is 1. The molecule has 0 aliphatic heterocycles. The van der Waals surface area contributed by atoms with Crippen LogP contribution in [0, 0.1) is 5.82 Å². The Labute approximate surface area is 157 Å². The number of benzene rings is 2. The summed E-state index contributed by atoms with van der Waals surface area (Å²) >= 11 is 1.47. The quantitative estimate of drug-likeness (QED) is 0.548. The Morgan fingerprint density at radius 2 is 1.69 bits per heavy atom. The van der Waals surface area contributed by atoms with E-state index in [1.165, 1.54) is 23.0 Å². The molecule has 0 aliphatic rings. The summed E-state index contributed by atoms with van der Waals surface area (Å²) in [5, 5.41) is 6.56. The van der Waals surface area contributed by atoms with Crippen LogP contribution in [0.4, 0.5) is 4.39 Å². The lowest BCUT2D eigenvalue weighted by Crippen LogP contribution is -2.15. The zero-order valence-electron chi connectivity index (χ0n) is 15.1. The van der Waals surface area contributed by atoms with Crippen LogP contribution in [-0.4, -0.2) is 16.9 Å². The van der Waals surface area contributed by atoms with Crippen molar-refractivity contribution in [3.63, 3.8) is 0 Å². The Bertz CT molecular complexity index is 955. The van der Waals surface area contributed by atoms with Crippen LogP contribution in [0.25, 0.3) is 11.3 Å². The normalized spacial score (nSPS) is 13.7. The summed E-state index contributed by atoms with van der Waals surface area (Å²) in [6.07, 6.45) is 1.88. The van der Waals surface area contributed by atoms with Gasteiger partial charge in [0.25, 0.3) is 0 Å². The van der Waals surface area contributed by atoms with Gasteiger partial charge in [-0.3, -0.25) is 4.99 Å². The standard InChI is InChI=1S/C21H22FN3S/c1-15(2)24-21-25(23-13-16(3)17-9-5-4-6-10-17)20(14-26-21)18-11-7-8-12-19(18)22/h4-16H,1-3H3. The molecule has 3 aromatic rings. The average Bonchev–Trinajstić information content (AvgIpc) is 3.02. The van der Waals surface area contributed by atoms with Gasteiger partial charge in [0.1, 0.15) is 5.82 Å². The maximum Gasteiger partial charge on any atom is 0.206 e. The number of rotatable bonds is 5. The summed E-state index contributed by atoms with van der Waals surface area (Å²) in [4.78, 5) is 5.39. The molecule has 134 valence electrons. The van der Waals surface area contributed by atoms with Crippen molar-refractivity contribution in [3.05, 3.63) is 76.2 Å². The number of aromatic nitrogens is 1. The predicted molar refractivity (Wildman–Crippen MR) is 107 cm³/mol. The van der Waals surface area contributed by atoms with E-state index in [9.17, 15) is 4.39 Å². The first-order valence-electron chi connectivity index (χ1n) is 8.65. The second-order valence-electron chi connectivity index (χ2n) is 6.38. The lowest BCUT2D eigenvalue weighted by Gasteiger charge is -2.08. The Balaban J connectivity index is 2.05. The Morgan fingerprint density at radius 3 is 2.38 bits per heavy atom. The third-order valence-electron chi connectivity index (χ3n) is 3.93. The molecule has 3 rings (SSSR count). The fourth-order valence-corrected chi connectivity index (χ4v) is 3.55. The predicted octanol–water partition coefficient (Wildman–Crippen LogP) is 5.30. The minimum Gasteiger partial charge on any atom is -0.255 e. The number of nitrogens with zero attached hydrogens (tertiary/aromatic N) is 3. The summed E-state index contributed by atoms with van der Waals surface area (Å²) in [6, 6.07) is 17.1. The van der Waals surface area contributed by atoms with E-state index in [1.54, 1.807) is 16.8 Å². The first-order valence-corrected chi connectivity index (χ1v) is 9.53. The van der Waals surface area contributed by atoms with Crippen molar-refractivity contribution in [3.8, 4) is 11.3 Å². The molecular formula is C21H22FN3S. The van der Waals surface area contributed by atoms with E-state index in [2.05, 4.69) is 29.2 Å². The van der Waals surface area contributed by atoms with E-state index in [-0.39, 0.29) is 17.8 Å². The van der Waals surface area contributed by atoms with Crippen LogP contribution in [0.2, 0.25) is 0 Å². The number of hydrogen-bond donors (Lipinski definition) is 0. The van der Waals surface area contributed by atoms with Crippen LogP contribution in [0.3, 0.4) is 0 Å². The van der Waals surface area contributed by atoms with Gasteiger partial charge in [-0.25, -0.2) is 9.07 Å². The fourth-order valence-electron chi connectivity index (χ4n) is 2.58. The SMILES string of the molecule is CC(C)N=c1scc(-c2ccccc2F)n1N=CC(C)c1ccccc1. The first kappa shape index (κ1) is 18.3. The van der Waals surface area contributed by atoms with Gasteiger partial charge in [-0.2, -0.15) is 5.10 Å². The molecule has 0 N–H and O–H groups in total. The molecule has 3 nitrogen and oxygen atoms in total. The van der Waals surface area contributed by atoms with E-state index in [0.29, 0.717) is 11.3 Å². The van der Waals surface area contributed by atoms with Crippen LogP contribution in [0.1, 0.15) is 32.3 Å². The Kier molecular flexibility index (Phi) is 5.78. The fraction of sp³-hybridized carbons (Fsp3) is 0.238. The van der Waals surface area contributed by atoms with Gasteiger partial charge in [0.05, 0.1) is 5.69 Å². The molecule has 1 atom stereocenters. The van der Waals surface area contributed by atoms with Crippen molar-refractivity contribution in [2.75, 3.05) is 0 Å². The van der Waals surface area contributed by atoms with E-state index in [0.717, 1.165) is 4.80 Å². The molecule has 0 saturated carbocycles. The molecule has 0 fully saturated rings. The monoisotopic (exact) mass is 367 g/mol. The molecule has 0 bridgehead atoms. The Hall–Kier alpha value is -2.53. The van der Waals surface area contributed by atoms with E-state index in [4.69, 9.17) is 0 Å². The number of hydrogen-bond acceptors (Lipinski definition) is 3. The molecule has 0 radical (unpaired) electrons. The van der Waals surface area contributed by atoms with Crippen molar-refractivity contribution >= 4 is 17.6 Å². The smallest absolute Gasteiger partial charge is 0.206 e. The van der Waals surface area contributed by atoms with Gasteiger partial charge in [-0.1, -0.05) is 49.4 Å². The molecule has 0 amide bonds. The lowest BCUT2D eigenvalue weighted by molar-refractivity contribution is 0.628. The third-order valence-corrected chi connectivity index (χ3v) is 4.77. The van der Waals surface area contributed by atoms with Gasteiger partial charge < -0.3 is 0 Å². The van der Waals surface area contributed by atoms with Gasteiger partial charge in [0, 0.05) is 29.1 Å². The van der Waals surface area contributed by atoms with Crippen molar-refractivity contribution in [2.45, 2.75) is 32.7 Å². The van der Waals surface area contributed by atoms with Crippen LogP contribution in [0.15, 0.2) is 70.1 Å². The van der Waals surface area contributed by atoms with Crippen molar-refractivity contribution in [2.24, 2.45) is 10.1 Å². The minimum absolute atomic E-state index is 0.134. The molecular weight excluding hydrogens is 345 g/mol. The molecule has 0 saturated heterocycles. The maximum atomic E-state index is 14.3. The molecule has 5 heteroatoms. The zero-order chi connectivity index (χ0) is 18.5. The highest BCUT2D eigenvalue weighted by Gasteiger charge is 2.12. The highest BCUT2D eigenvalue weighted by Crippen LogP contribution is 2.23. The summed E-state index contributed by atoms with van der Waals surface area (Å²) in [5.41, 5.74) is 2.42. The minimum atomic E-state index is -0.263. The summed E-state index contributed by atoms with van der Waals surface area (Å²) in [7, 11) is 0. The summed E-state index contributed by atoms with van der Waals surface area (Å²) < 4.78 is 16.0. The van der Waals surface area contributed by atoms with Gasteiger partial charge in [-0.15, -0.1) is 11.3 Å². The maximum absolute atomic E-state index is 14.3. The van der Waals surface area contributed by atoms with Crippen molar-refractivity contribution in [1.82, 2.24) is 4.68 Å². The molecule has 26 heavy (non-hydrogen) atoms. The largest absolute Gasteiger partial charge is 0.255 e. The van der Waals surface area contributed by atoms with Crippen molar-refractivity contribution in [1.29, 1.82) is 0 Å². The van der Waals surface area contributed by atoms with Crippen molar-refractivity contribution < 1.29 is 4.39 Å². The summed E-state index contributed by atoms with van der Waals surface area (Å²) in [5.74, 6) is -0.120. The highest BCUT2D eigenvalue weighted by atomic mass is 32.1. The van der Waals surface area contributed by atoms with Gasteiger partial charge in [-0.05, 0) is 31.5 Å². The van der Waals surface area contributed by atoms with E-state index < -0.39 is 0 Å². The molecule has 1 heterocycles. The lowest BCUT2D eigenvalue weighted by atomic mass is 10.0. The van der Waals surface area contributed by atoms with Crippen LogP contribution >= 0.6 is 11.3 Å². The highest BCUT2D eigenvalue weighted by molar-refractivity contribution is 7.07. The molecule has 1 aromatic heterocycles. The van der Waals surface area contributed by atoms with Gasteiger partial charge >= 0.3 is 0 Å². The molecule has 0 aliphatic carbocycles. The topological polar surface area (TPSA) is 29.6 Å². The van der Waals surface area contributed by atoms with E-state index in [1.807, 2.05) is 49.7 Å². The van der Waals surface area contributed by atoms with Gasteiger partial charge in [0.2, 0.25) is 4.80 Å². The van der Waals surface area contributed by atoms with Gasteiger partial charge in [0.15, 0.2) is 0 Å². The zero-order valence-corrected chi connectivity index (χ0v) is 15.9. The molecule has 0 spiro atoms. The molecule has 2 aromatic carbocycles. The second kappa shape index (κ2) is 8.23. The van der Waals surface area contributed by atoms with Crippen LogP contribution < -0.4 is 4.80 Å². The second-order valence-corrected chi connectivity index (χ2v) is 7.22. The van der Waals surface area contributed by atoms with Crippen LogP contribution in [-0.2, 0) is 0 Å². The van der Waals surface area contributed by atoms with Crippen LogP contribution in [0.5, 0.6) is 0 Å². The van der Waals surface area contributed by atoms with E-state index >= 15 is 0 Å². The summed E-state index contributed by atoms with van der Waals surface area (Å²) in [6.45, 7) is 6.13. The average molecular weight is 367 g/mol. The molecule has 1 unspecified atom stereocenters. The number of thiazole rings is 1. The Morgan fingerprint density at radius 1 is 1.00 bits per heavy atom.